The maximum atomic E-state index is 12.4. The molecular weight excluding hydrogens is 408 g/mol. The van der Waals surface area contributed by atoms with Crippen molar-refractivity contribution in [2.24, 2.45) is 0 Å². The normalized spacial score (nSPS) is 18.7. The summed E-state index contributed by atoms with van der Waals surface area (Å²) < 4.78 is 19.0. The lowest BCUT2D eigenvalue weighted by Crippen LogP contribution is -2.40. The van der Waals surface area contributed by atoms with Gasteiger partial charge in [0, 0.05) is 55.4 Å². The molecule has 0 spiro atoms. The Hall–Kier alpha value is -3.29. The van der Waals surface area contributed by atoms with E-state index >= 15 is 0 Å². The van der Waals surface area contributed by atoms with Crippen molar-refractivity contribution in [3.8, 4) is 17.2 Å². The van der Waals surface area contributed by atoms with Gasteiger partial charge in [0.05, 0.1) is 0 Å². The number of ether oxygens (including phenoxy) is 3. The van der Waals surface area contributed by atoms with E-state index in [0.29, 0.717) is 24.8 Å². The highest BCUT2D eigenvalue weighted by atomic mass is 16.6. The molecule has 0 atom stereocenters. The molecule has 8 nitrogen and oxygen atoms in total. The summed E-state index contributed by atoms with van der Waals surface area (Å²) in [6.45, 7) is 4.88. The third kappa shape index (κ3) is 3.43. The molecule has 6 rings (SSSR count). The van der Waals surface area contributed by atoms with Crippen LogP contribution in [0.3, 0.4) is 0 Å². The van der Waals surface area contributed by atoms with Crippen LogP contribution >= 0.6 is 0 Å². The topological polar surface area (TPSA) is 78.2 Å². The number of hydrogen-bond donors (Lipinski definition) is 0. The Balaban J connectivity index is 1.22. The van der Waals surface area contributed by atoms with Crippen LogP contribution in [0, 0.1) is 6.92 Å². The monoisotopic (exact) mass is 434 g/mol. The maximum Gasteiger partial charge on any atom is 0.274 e. The molecule has 2 aromatic heterocycles. The summed E-state index contributed by atoms with van der Waals surface area (Å²) in [5.41, 5.74) is 2.86. The molecule has 1 saturated carbocycles. The molecule has 8 heteroatoms. The van der Waals surface area contributed by atoms with Gasteiger partial charge >= 0.3 is 0 Å². The van der Waals surface area contributed by atoms with E-state index in [2.05, 4.69) is 16.8 Å². The van der Waals surface area contributed by atoms with Crippen LogP contribution in [0.4, 0.5) is 5.82 Å². The first-order chi connectivity index (χ1) is 15.7. The van der Waals surface area contributed by atoms with E-state index in [-0.39, 0.29) is 11.7 Å². The first-order valence-corrected chi connectivity index (χ1v) is 11.4. The van der Waals surface area contributed by atoms with Crippen LogP contribution in [0.15, 0.2) is 35.3 Å². The number of aromatic nitrogens is 3. The van der Waals surface area contributed by atoms with Crippen molar-refractivity contribution >= 4 is 11.5 Å². The zero-order valence-corrected chi connectivity index (χ0v) is 18.1. The van der Waals surface area contributed by atoms with Crippen molar-refractivity contribution in [1.29, 1.82) is 0 Å². The van der Waals surface area contributed by atoms with Crippen molar-refractivity contribution in [2.45, 2.75) is 44.6 Å². The molecule has 0 bridgehead atoms. The first-order valence-electron chi connectivity index (χ1n) is 11.4. The van der Waals surface area contributed by atoms with Gasteiger partial charge in [-0.05, 0) is 37.8 Å². The highest BCUT2D eigenvalue weighted by Crippen LogP contribution is 2.46. The zero-order valence-electron chi connectivity index (χ0n) is 18.1. The molecule has 3 aliphatic rings. The lowest BCUT2D eigenvalue weighted by molar-refractivity contribution is 0.159. The number of hydrogen-bond acceptors (Lipinski definition) is 7. The van der Waals surface area contributed by atoms with Gasteiger partial charge < -0.3 is 19.1 Å². The fourth-order valence-electron chi connectivity index (χ4n) is 4.76. The SMILES string of the molecule is Cc1c(C2CC2)c(N2CCC(Oc3ccc4c(c3)OCCO4)CC2)nn2c(=O)ccnc12. The molecule has 166 valence electrons. The molecule has 3 aromatic rings. The minimum absolute atomic E-state index is 0.129. The Morgan fingerprint density at radius 2 is 1.81 bits per heavy atom. The van der Waals surface area contributed by atoms with Crippen LogP contribution in [-0.4, -0.2) is 47.0 Å². The van der Waals surface area contributed by atoms with Gasteiger partial charge in [0.15, 0.2) is 23.0 Å². The van der Waals surface area contributed by atoms with Crippen molar-refractivity contribution in [1.82, 2.24) is 14.6 Å². The molecule has 1 aromatic carbocycles. The average molecular weight is 434 g/mol. The van der Waals surface area contributed by atoms with Crippen LogP contribution in [0.25, 0.3) is 5.65 Å². The van der Waals surface area contributed by atoms with Gasteiger partial charge in [0.25, 0.3) is 5.56 Å². The molecule has 1 saturated heterocycles. The molecule has 4 heterocycles. The lowest BCUT2D eigenvalue weighted by Gasteiger charge is -2.34. The smallest absolute Gasteiger partial charge is 0.274 e. The second-order valence-corrected chi connectivity index (χ2v) is 8.76. The maximum absolute atomic E-state index is 12.4. The number of aryl methyl sites for hydroxylation is 1. The predicted octanol–water partition coefficient (Wildman–Crippen LogP) is 3.09. The molecule has 0 N–H and O–H groups in total. The Labute approximate surface area is 185 Å². The van der Waals surface area contributed by atoms with Crippen LogP contribution in [-0.2, 0) is 0 Å². The summed E-state index contributed by atoms with van der Waals surface area (Å²) >= 11 is 0. The average Bonchev–Trinajstić information content (AvgIpc) is 3.65. The Morgan fingerprint density at radius 3 is 2.59 bits per heavy atom. The summed E-state index contributed by atoms with van der Waals surface area (Å²) in [6, 6.07) is 7.24. The van der Waals surface area contributed by atoms with Crippen LogP contribution in [0.1, 0.15) is 42.7 Å². The highest BCUT2D eigenvalue weighted by molar-refractivity contribution is 5.62. The molecule has 1 aliphatic carbocycles. The minimum atomic E-state index is -0.140. The second-order valence-electron chi connectivity index (χ2n) is 8.76. The van der Waals surface area contributed by atoms with Crippen molar-refractivity contribution in [2.75, 3.05) is 31.2 Å². The molecule has 32 heavy (non-hydrogen) atoms. The van der Waals surface area contributed by atoms with Gasteiger partial charge in [-0.2, -0.15) is 4.52 Å². The zero-order chi connectivity index (χ0) is 21.7. The molecule has 2 aliphatic heterocycles. The predicted molar refractivity (Wildman–Crippen MR) is 119 cm³/mol. The number of rotatable bonds is 4. The molecule has 0 radical (unpaired) electrons. The van der Waals surface area contributed by atoms with Crippen LogP contribution in [0.2, 0.25) is 0 Å². The fourth-order valence-corrected chi connectivity index (χ4v) is 4.76. The Kier molecular flexibility index (Phi) is 4.66. The summed E-state index contributed by atoms with van der Waals surface area (Å²) in [4.78, 5) is 19.2. The van der Waals surface area contributed by atoms with E-state index < -0.39 is 0 Å². The minimum Gasteiger partial charge on any atom is -0.490 e. The molecule has 2 fully saturated rings. The first kappa shape index (κ1) is 19.4. The summed E-state index contributed by atoms with van der Waals surface area (Å²) in [6.07, 6.45) is 5.82. The van der Waals surface area contributed by atoms with Gasteiger partial charge in [0.1, 0.15) is 25.1 Å². The number of anilines is 1. The number of nitrogens with zero attached hydrogens (tertiary/aromatic N) is 4. The molecule has 0 amide bonds. The third-order valence-corrected chi connectivity index (χ3v) is 6.54. The quantitative estimate of drug-likeness (QED) is 0.624. The van der Waals surface area contributed by atoms with Crippen molar-refractivity contribution < 1.29 is 14.2 Å². The second kappa shape index (κ2) is 7.69. The van der Waals surface area contributed by atoms with E-state index in [1.165, 1.54) is 29.0 Å². The van der Waals surface area contributed by atoms with Gasteiger partial charge in [-0.25, -0.2) is 4.98 Å². The standard InChI is InChI=1S/C24H26N4O4/c1-15-22(16-2-3-16)24(26-28-21(29)6-9-25-23(15)28)27-10-7-17(8-11-27)32-18-4-5-19-20(14-18)31-13-12-30-19/h4-6,9,14,16-17H,2-3,7-8,10-13H2,1H3. The summed E-state index contributed by atoms with van der Waals surface area (Å²) in [5.74, 6) is 3.78. The van der Waals surface area contributed by atoms with E-state index in [9.17, 15) is 4.79 Å². The van der Waals surface area contributed by atoms with Crippen molar-refractivity contribution in [3.63, 3.8) is 0 Å². The van der Waals surface area contributed by atoms with Crippen LogP contribution < -0.4 is 24.7 Å². The van der Waals surface area contributed by atoms with Gasteiger partial charge in [-0.15, -0.1) is 5.10 Å². The number of fused-ring (bicyclic) bond motifs is 2. The van der Waals surface area contributed by atoms with Gasteiger partial charge in [-0.1, -0.05) is 0 Å². The number of benzene rings is 1. The summed E-state index contributed by atoms with van der Waals surface area (Å²) in [7, 11) is 0. The van der Waals surface area contributed by atoms with Gasteiger partial charge in [-0.3, -0.25) is 4.79 Å². The largest absolute Gasteiger partial charge is 0.490 e. The number of piperidine rings is 1. The third-order valence-electron chi connectivity index (χ3n) is 6.54. The van der Waals surface area contributed by atoms with E-state index in [4.69, 9.17) is 19.3 Å². The van der Waals surface area contributed by atoms with Crippen LogP contribution in [0.5, 0.6) is 17.2 Å². The van der Waals surface area contributed by atoms with E-state index in [0.717, 1.165) is 54.6 Å². The molecular formula is C24H26N4O4. The van der Waals surface area contributed by atoms with Gasteiger partial charge in [0.2, 0.25) is 0 Å². The van der Waals surface area contributed by atoms with E-state index in [1.54, 1.807) is 6.20 Å². The Morgan fingerprint density at radius 1 is 1.03 bits per heavy atom. The molecule has 0 unspecified atom stereocenters. The fraction of sp³-hybridized carbons (Fsp3) is 0.458. The van der Waals surface area contributed by atoms with Crippen molar-refractivity contribution in [3.05, 3.63) is 51.9 Å². The highest BCUT2D eigenvalue weighted by Gasteiger charge is 2.33. The van der Waals surface area contributed by atoms with E-state index in [1.807, 2.05) is 18.2 Å². The summed E-state index contributed by atoms with van der Waals surface area (Å²) in [5, 5.41) is 4.77. The Bertz CT molecular complexity index is 1230. The lowest BCUT2D eigenvalue weighted by atomic mass is 10.0.